The minimum atomic E-state index is -4.22. The largest absolute Gasteiger partial charge is 0.438 e. The number of benzene rings is 3. The molecule has 0 unspecified atom stereocenters. The molecule has 1 aromatic heterocycles. The van der Waals surface area contributed by atoms with Gasteiger partial charge in [0.1, 0.15) is 4.70 Å². The summed E-state index contributed by atoms with van der Waals surface area (Å²) < 4.78 is 72.0. The van der Waals surface area contributed by atoms with Crippen LogP contribution in [0.3, 0.4) is 0 Å². The summed E-state index contributed by atoms with van der Waals surface area (Å²) >= 11 is 4.97. The first-order chi connectivity index (χ1) is 19.0. The van der Waals surface area contributed by atoms with Gasteiger partial charge in [-0.05, 0) is 35.7 Å². The van der Waals surface area contributed by atoms with Crippen molar-refractivity contribution in [1.29, 1.82) is 0 Å². The minimum absolute atomic E-state index is 0.0258. The van der Waals surface area contributed by atoms with E-state index in [2.05, 4.69) is 26.0 Å². The second-order valence-electron chi connectivity index (χ2n) is 9.06. The molecule has 2 heterocycles. The molecule has 2 N–H and O–H groups in total. The lowest BCUT2D eigenvalue weighted by Gasteiger charge is -2.17. The molecule has 0 bridgehead atoms. The number of hydrogen-bond donors (Lipinski definition) is 2. The second-order valence-corrected chi connectivity index (χ2v) is 14.3. The molecule has 212 valence electrons. The van der Waals surface area contributed by atoms with Gasteiger partial charge in [-0.2, -0.15) is 31.2 Å². The van der Waals surface area contributed by atoms with Gasteiger partial charge in [-0.1, -0.05) is 58.5 Å². The van der Waals surface area contributed by atoms with E-state index in [0.29, 0.717) is 36.8 Å². The number of hydroxylamine groups is 1. The minimum Gasteiger partial charge on any atom is -0.438 e. The molecule has 0 radical (unpaired) electrons. The van der Waals surface area contributed by atoms with Gasteiger partial charge in [0, 0.05) is 24.0 Å². The summed E-state index contributed by atoms with van der Waals surface area (Å²) in [5, 5.41) is 2.86. The fraction of sp³-hybridized carbons (Fsp3) is 0.269. The van der Waals surface area contributed by atoms with Crippen molar-refractivity contribution in [3.8, 4) is 5.75 Å². The van der Waals surface area contributed by atoms with Crippen LogP contribution in [0.5, 0.6) is 5.75 Å². The number of aryl methyl sites for hydroxylation is 1. The fourth-order valence-corrected chi connectivity index (χ4v) is 7.27. The van der Waals surface area contributed by atoms with E-state index < -0.39 is 26.0 Å². The van der Waals surface area contributed by atoms with Gasteiger partial charge in [0.25, 0.3) is 25.2 Å². The summed E-state index contributed by atoms with van der Waals surface area (Å²) in [7, 11) is -7.97. The van der Waals surface area contributed by atoms with Crippen LogP contribution in [-0.2, 0) is 31.1 Å². The van der Waals surface area contributed by atoms with Crippen molar-refractivity contribution in [1.82, 2.24) is 5.48 Å². The second kappa shape index (κ2) is 11.7. The molecule has 1 aliphatic rings. The molecule has 0 spiro atoms. The van der Waals surface area contributed by atoms with Gasteiger partial charge in [-0.25, -0.2) is 0 Å². The van der Waals surface area contributed by atoms with Crippen LogP contribution in [0.1, 0.15) is 18.4 Å². The standard InChI is InChI=1S/C26H26BrN3O7S3/c1-2-28-37-40(34,35)14-5-12-30-25(38-23-11-8-18-6-3-4-7-20(18)26(23)30)17-24-29(13-15-39(31,32)33)21-16-19(27)9-10-22(21)36-24/h3-4,6-11,16-17,28H,2,5,12-15H2,1H3/p+1. The number of hydrogen-bond acceptors (Lipinski definition) is 9. The first-order valence-corrected chi connectivity index (χ1v) is 17.2. The van der Waals surface area contributed by atoms with E-state index in [-0.39, 0.29) is 12.3 Å². The Morgan fingerprint density at radius 3 is 2.70 bits per heavy atom. The molecule has 5 rings (SSSR count). The first-order valence-electron chi connectivity index (χ1n) is 12.4. The third-order valence-electron chi connectivity index (χ3n) is 6.23. The molecule has 14 heteroatoms. The maximum atomic E-state index is 12.3. The van der Waals surface area contributed by atoms with E-state index in [4.69, 9.17) is 9.02 Å². The fourth-order valence-electron chi connectivity index (χ4n) is 4.52. The van der Waals surface area contributed by atoms with Crippen LogP contribution >= 0.6 is 27.3 Å². The first kappa shape index (κ1) is 28.9. The van der Waals surface area contributed by atoms with Crippen molar-refractivity contribution in [2.75, 3.05) is 29.5 Å². The molecule has 0 atom stereocenters. The lowest BCUT2D eigenvalue weighted by Crippen LogP contribution is -2.37. The highest BCUT2D eigenvalue weighted by molar-refractivity contribution is 9.10. The average molecular weight is 670 g/mol. The van der Waals surface area contributed by atoms with E-state index >= 15 is 0 Å². The lowest BCUT2D eigenvalue weighted by atomic mass is 10.1. The van der Waals surface area contributed by atoms with Gasteiger partial charge in [0.2, 0.25) is 11.4 Å². The predicted molar refractivity (Wildman–Crippen MR) is 159 cm³/mol. The van der Waals surface area contributed by atoms with Gasteiger partial charge >= 0.3 is 0 Å². The topological polar surface area (TPSA) is 126 Å². The third kappa shape index (κ3) is 6.48. The number of nitrogens with one attached hydrogen (secondary N) is 1. The van der Waals surface area contributed by atoms with E-state index in [0.717, 1.165) is 30.5 Å². The van der Waals surface area contributed by atoms with E-state index in [1.54, 1.807) is 17.9 Å². The van der Waals surface area contributed by atoms with Crippen molar-refractivity contribution in [3.63, 3.8) is 0 Å². The van der Waals surface area contributed by atoms with Crippen molar-refractivity contribution < 1.29 is 35.0 Å². The van der Waals surface area contributed by atoms with E-state index in [1.807, 2.05) is 54.6 Å². The van der Waals surface area contributed by atoms with Crippen molar-refractivity contribution in [3.05, 3.63) is 70.0 Å². The molecule has 0 fully saturated rings. The van der Waals surface area contributed by atoms with Gasteiger partial charge in [0.05, 0.1) is 28.7 Å². The summed E-state index contributed by atoms with van der Waals surface area (Å²) in [6.45, 7) is 2.46. The van der Waals surface area contributed by atoms with E-state index in [9.17, 15) is 21.4 Å². The Kier molecular flexibility index (Phi) is 8.47. The Hall–Kier alpha value is -2.59. The number of rotatable bonds is 11. The van der Waals surface area contributed by atoms with Gasteiger partial charge in [-0.15, -0.1) is 0 Å². The summed E-state index contributed by atoms with van der Waals surface area (Å²) in [4.78, 5) is 1.70. The zero-order valence-corrected chi connectivity index (χ0v) is 25.4. The van der Waals surface area contributed by atoms with Crippen LogP contribution in [-0.4, -0.2) is 46.0 Å². The lowest BCUT2D eigenvalue weighted by molar-refractivity contribution is -0.667. The van der Waals surface area contributed by atoms with E-state index in [1.165, 1.54) is 11.3 Å². The molecule has 10 nitrogen and oxygen atoms in total. The highest BCUT2D eigenvalue weighted by Crippen LogP contribution is 2.41. The van der Waals surface area contributed by atoms with Gasteiger partial charge in [0.15, 0.2) is 12.3 Å². The normalized spacial score (nSPS) is 14.8. The maximum absolute atomic E-state index is 12.3. The molecule has 3 aromatic carbocycles. The SMILES string of the molecule is CCNOS(=O)(=O)CCC[n+]1c(C=C2Oc3ccc(Br)cc3N2CCS(=O)(=O)O)sc2ccc3ccccc3c21. The Labute approximate surface area is 244 Å². The Balaban J connectivity index is 1.58. The highest BCUT2D eigenvalue weighted by Gasteiger charge is 2.31. The molecular formula is C26H27BrN3O7S3+. The number of fused-ring (bicyclic) bond motifs is 4. The van der Waals surface area contributed by atoms with Crippen LogP contribution in [0.15, 0.2) is 65.0 Å². The molecular weight excluding hydrogens is 642 g/mol. The number of nitrogens with zero attached hydrogens (tertiary/aromatic N) is 2. The summed E-state index contributed by atoms with van der Waals surface area (Å²) in [5.74, 6) is 0.279. The predicted octanol–water partition coefficient (Wildman–Crippen LogP) is 4.45. The molecule has 1 aliphatic heterocycles. The monoisotopic (exact) mass is 668 g/mol. The van der Waals surface area contributed by atoms with Crippen molar-refractivity contribution in [2.45, 2.75) is 19.9 Å². The molecule has 4 aromatic rings. The number of ether oxygens (including phenoxy) is 1. The Bertz CT molecular complexity index is 1820. The Morgan fingerprint density at radius 1 is 1.12 bits per heavy atom. The third-order valence-corrected chi connectivity index (χ3v) is 9.68. The number of thiazole rings is 1. The molecule has 40 heavy (non-hydrogen) atoms. The maximum Gasteiger partial charge on any atom is 0.283 e. The smallest absolute Gasteiger partial charge is 0.283 e. The molecule has 0 saturated heterocycles. The summed E-state index contributed by atoms with van der Waals surface area (Å²) in [6.07, 6.45) is 2.12. The quantitative estimate of drug-likeness (QED) is 0.135. The summed E-state index contributed by atoms with van der Waals surface area (Å²) in [6, 6.07) is 17.5. The van der Waals surface area contributed by atoms with Crippen molar-refractivity contribution in [2.24, 2.45) is 0 Å². The Morgan fingerprint density at radius 2 is 1.93 bits per heavy atom. The van der Waals surface area contributed by atoms with Crippen LogP contribution in [0.4, 0.5) is 5.69 Å². The zero-order valence-electron chi connectivity index (χ0n) is 21.4. The van der Waals surface area contributed by atoms with Crippen LogP contribution in [0, 0.1) is 0 Å². The zero-order chi connectivity index (χ0) is 28.5. The van der Waals surface area contributed by atoms with Crippen LogP contribution < -0.4 is 19.7 Å². The average Bonchev–Trinajstić information content (AvgIpc) is 3.43. The number of aromatic nitrogens is 1. The van der Waals surface area contributed by atoms with Crippen LogP contribution in [0.2, 0.25) is 0 Å². The van der Waals surface area contributed by atoms with Gasteiger partial charge in [-0.3, -0.25) is 4.55 Å². The number of anilines is 1. The molecule has 0 aliphatic carbocycles. The van der Waals surface area contributed by atoms with Gasteiger partial charge < -0.3 is 9.64 Å². The van der Waals surface area contributed by atoms with Crippen molar-refractivity contribution >= 4 is 80.3 Å². The molecule has 0 saturated carbocycles. The number of halogens is 1. The summed E-state index contributed by atoms with van der Waals surface area (Å²) in [5.41, 5.74) is 4.02. The highest BCUT2D eigenvalue weighted by atomic mass is 79.9. The molecule has 0 amide bonds. The van der Waals surface area contributed by atoms with Crippen LogP contribution in [0.25, 0.3) is 27.1 Å².